The van der Waals surface area contributed by atoms with Gasteiger partial charge in [-0.2, -0.15) is 4.31 Å². The zero-order valence-corrected chi connectivity index (χ0v) is 21.6. The minimum Gasteiger partial charge on any atom is -0.381 e. The summed E-state index contributed by atoms with van der Waals surface area (Å²) in [6.07, 6.45) is 2.89. The molecule has 1 saturated heterocycles. The van der Waals surface area contributed by atoms with Crippen molar-refractivity contribution in [1.82, 2.24) is 8.28 Å². The molecule has 0 atom stereocenters. The Morgan fingerprint density at radius 3 is 2.17 bits per heavy atom. The van der Waals surface area contributed by atoms with Crippen LogP contribution in [-0.2, 0) is 24.8 Å². The molecule has 2 heterocycles. The lowest BCUT2D eigenvalue weighted by molar-refractivity contribution is 0.0260. The molecule has 0 unspecified atom stereocenters. The minimum absolute atomic E-state index is 0.0309. The van der Waals surface area contributed by atoms with Gasteiger partial charge in [0.2, 0.25) is 0 Å². The normalized spacial score (nSPS) is 21.5. The third kappa shape index (κ3) is 3.91. The first kappa shape index (κ1) is 24.4. The summed E-state index contributed by atoms with van der Waals surface area (Å²) >= 11 is 0. The Hall–Kier alpha value is -2.27. The predicted octanol–water partition coefficient (Wildman–Crippen LogP) is 4.31. The number of fused-ring (bicyclic) bond motifs is 1. The second-order valence-corrected chi connectivity index (χ2v) is 13.2. The first-order chi connectivity index (χ1) is 16.6. The highest BCUT2D eigenvalue weighted by atomic mass is 32.2. The maximum Gasteiger partial charge on any atom is 0.269 e. The van der Waals surface area contributed by atoms with E-state index in [1.165, 1.54) is 28.6 Å². The van der Waals surface area contributed by atoms with Gasteiger partial charge in [0.1, 0.15) is 11.3 Å². The van der Waals surface area contributed by atoms with Crippen LogP contribution in [0.3, 0.4) is 0 Å². The van der Waals surface area contributed by atoms with E-state index in [1.807, 2.05) is 6.92 Å². The fraction of sp³-hybridized carbons (Fsp3) is 0.440. The van der Waals surface area contributed by atoms with Gasteiger partial charge in [-0.3, -0.25) is 0 Å². The number of ether oxygens (including phenoxy) is 1. The van der Waals surface area contributed by atoms with E-state index < -0.39 is 30.9 Å². The number of rotatable bonds is 6. The lowest BCUT2D eigenvalue weighted by atomic mass is 9.75. The molecule has 1 aromatic heterocycles. The van der Waals surface area contributed by atoms with Crippen LogP contribution >= 0.6 is 0 Å². The average molecular weight is 521 g/mol. The van der Waals surface area contributed by atoms with Crippen molar-refractivity contribution in [3.8, 4) is 0 Å². The molecule has 0 amide bonds. The molecule has 2 aliphatic rings. The molecule has 0 radical (unpaired) electrons. The van der Waals surface area contributed by atoms with Crippen molar-refractivity contribution in [3.05, 3.63) is 58.9 Å². The summed E-state index contributed by atoms with van der Waals surface area (Å²) in [6.45, 7) is 4.21. The van der Waals surface area contributed by atoms with Crippen LogP contribution in [0.25, 0.3) is 10.9 Å². The van der Waals surface area contributed by atoms with Crippen LogP contribution in [-0.4, -0.2) is 51.4 Å². The summed E-state index contributed by atoms with van der Waals surface area (Å²) in [7, 11) is -6.96. The van der Waals surface area contributed by atoms with Crippen LogP contribution in [0.2, 0.25) is 0 Å². The summed E-state index contributed by atoms with van der Waals surface area (Å²) < 4.78 is 78.2. The number of halogens is 1. The molecule has 0 N–H and O–H groups in total. The Morgan fingerprint density at radius 1 is 0.943 bits per heavy atom. The maximum absolute atomic E-state index is 15.6. The molecular formula is C25H29FN2O5S2. The standard InChI is InChI=1S/C25H29FN2O5S2/c1-16-6-8-20(9-7-16)34(29,30)28-23(35(31,32)27-10-4-5-11-27)15-21-24(18-13-19(14-18)33-3)17(2)12-22(26)25(21)28/h6-9,12,15,18-19H,4-5,10-11,13-14H2,1-3H3/t18-,19+. The molecule has 2 fully saturated rings. The van der Waals surface area contributed by atoms with Crippen molar-refractivity contribution in [2.45, 2.75) is 61.5 Å². The second-order valence-electron chi connectivity index (χ2n) is 9.55. The molecule has 1 aliphatic carbocycles. The first-order valence-corrected chi connectivity index (χ1v) is 14.6. The molecule has 2 aromatic carbocycles. The van der Waals surface area contributed by atoms with Crippen molar-refractivity contribution in [1.29, 1.82) is 0 Å². The summed E-state index contributed by atoms with van der Waals surface area (Å²) in [6, 6.07) is 8.79. The maximum atomic E-state index is 15.6. The third-order valence-corrected chi connectivity index (χ3v) is 11.0. The molecule has 0 bridgehead atoms. The smallest absolute Gasteiger partial charge is 0.269 e. The number of aryl methyl sites for hydroxylation is 2. The lowest BCUT2D eigenvalue weighted by Gasteiger charge is -2.35. The SMILES string of the molecule is CO[C@H]1C[C@@H](c2c(C)cc(F)c3c2cc(S(=O)(=O)N2CCCC2)n3S(=O)(=O)c2ccc(C)cc2)C1. The zero-order valence-electron chi connectivity index (χ0n) is 20.0. The van der Waals surface area contributed by atoms with Gasteiger partial charge in [0.15, 0.2) is 5.03 Å². The average Bonchev–Trinajstić information content (AvgIpc) is 3.45. The highest BCUT2D eigenvalue weighted by molar-refractivity contribution is 7.92. The number of hydrogen-bond donors (Lipinski definition) is 0. The first-order valence-electron chi connectivity index (χ1n) is 11.8. The fourth-order valence-corrected chi connectivity index (χ4v) is 8.83. The Bertz CT molecular complexity index is 1500. The van der Waals surface area contributed by atoms with E-state index in [2.05, 4.69) is 0 Å². The van der Waals surface area contributed by atoms with Gasteiger partial charge >= 0.3 is 0 Å². The van der Waals surface area contributed by atoms with Crippen LogP contribution in [0.15, 0.2) is 46.3 Å². The molecule has 35 heavy (non-hydrogen) atoms. The van der Waals surface area contributed by atoms with Gasteiger partial charge in [0.25, 0.3) is 20.0 Å². The van der Waals surface area contributed by atoms with Crippen molar-refractivity contribution in [3.63, 3.8) is 0 Å². The number of nitrogens with zero attached hydrogens (tertiary/aromatic N) is 2. The number of sulfonamides is 1. The lowest BCUT2D eigenvalue weighted by Crippen LogP contribution is -2.31. The summed E-state index contributed by atoms with van der Waals surface area (Å²) in [5.74, 6) is -0.731. The molecule has 5 rings (SSSR count). The Morgan fingerprint density at radius 2 is 1.57 bits per heavy atom. The van der Waals surface area contributed by atoms with Crippen LogP contribution in [0.1, 0.15) is 48.3 Å². The van der Waals surface area contributed by atoms with E-state index in [4.69, 9.17) is 4.74 Å². The van der Waals surface area contributed by atoms with E-state index in [9.17, 15) is 16.8 Å². The highest BCUT2D eigenvalue weighted by Crippen LogP contribution is 2.45. The molecule has 1 aliphatic heterocycles. The van der Waals surface area contributed by atoms with Gasteiger partial charge in [0.05, 0.1) is 11.0 Å². The van der Waals surface area contributed by atoms with E-state index in [0.29, 0.717) is 53.7 Å². The van der Waals surface area contributed by atoms with Crippen LogP contribution < -0.4 is 0 Å². The molecule has 10 heteroatoms. The Labute approximate surface area is 205 Å². The topological polar surface area (TPSA) is 85.7 Å². The summed E-state index contributed by atoms with van der Waals surface area (Å²) in [4.78, 5) is -0.0944. The van der Waals surface area contributed by atoms with Gasteiger partial charge in [-0.15, -0.1) is 0 Å². The van der Waals surface area contributed by atoms with Crippen molar-refractivity contribution in [2.75, 3.05) is 20.2 Å². The van der Waals surface area contributed by atoms with Crippen molar-refractivity contribution < 1.29 is 26.0 Å². The van der Waals surface area contributed by atoms with E-state index in [1.54, 1.807) is 26.2 Å². The van der Waals surface area contributed by atoms with Gasteiger partial charge in [0, 0.05) is 25.6 Å². The van der Waals surface area contributed by atoms with E-state index in [0.717, 1.165) is 11.1 Å². The molecule has 7 nitrogen and oxygen atoms in total. The van der Waals surface area contributed by atoms with E-state index in [-0.39, 0.29) is 22.4 Å². The van der Waals surface area contributed by atoms with Crippen LogP contribution in [0.4, 0.5) is 4.39 Å². The monoisotopic (exact) mass is 520 g/mol. The second kappa shape index (κ2) is 8.69. The molecular weight excluding hydrogens is 491 g/mol. The van der Waals surface area contributed by atoms with Gasteiger partial charge in [-0.1, -0.05) is 17.7 Å². The number of methoxy groups -OCH3 is 1. The summed E-state index contributed by atoms with van der Waals surface area (Å²) in [5, 5.41) is -0.0844. The Kier molecular flexibility index (Phi) is 6.06. The van der Waals surface area contributed by atoms with Crippen LogP contribution in [0.5, 0.6) is 0 Å². The predicted molar refractivity (Wildman–Crippen MR) is 131 cm³/mol. The number of aromatic nitrogens is 1. The fourth-order valence-electron chi connectivity index (χ4n) is 5.28. The van der Waals surface area contributed by atoms with Crippen LogP contribution in [0, 0.1) is 19.7 Å². The van der Waals surface area contributed by atoms with Gasteiger partial charge in [-0.05, 0) is 80.8 Å². The zero-order chi connectivity index (χ0) is 25.1. The van der Waals surface area contributed by atoms with Crippen molar-refractivity contribution >= 4 is 30.9 Å². The van der Waals surface area contributed by atoms with Gasteiger partial charge < -0.3 is 4.74 Å². The highest BCUT2D eigenvalue weighted by Gasteiger charge is 2.39. The molecule has 1 saturated carbocycles. The number of hydrogen-bond acceptors (Lipinski definition) is 5. The van der Waals surface area contributed by atoms with Crippen molar-refractivity contribution in [2.24, 2.45) is 0 Å². The molecule has 3 aromatic rings. The molecule has 188 valence electrons. The van der Waals surface area contributed by atoms with E-state index >= 15 is 4.39 Å². The Balaban J connectivity index is 1.82. The third-order valence-electron chi connectivity index (χ3n) is 7.28. The largest absolute Gasteiger partial charge is 0.381 e. The quantitative estimate of drug-likeness (QED) is 0.484. The van der Waals surface area contributed by atoms with Gasteiger partial charge in [-0.25, -0.2) is 25.2 Å². The minimum atomic E-state index is -4.42. The number of benzene rings is 2. The summed E-state index contributed by atoms with van der Waals surface area (Å²) in [5.41, 5.74) is 2.09. The molecule has 0 spiro atoms.